The molecule has 2 aromatic carbocycles. The molecule has 33 heavy (non-hydrogen) atoms. The third-order valence-electron chi connectivity index (χ3n) is 5.31. The van der Waals surface area contributed by atoms with Crippen LogP contribution in [-0.4, -0.2) is 34.1 Å². The summed E-state index contributed by atoms with van der Waals surface area (Å²) < 4.78 is 11.6. The van der Waals surface area contributed by atoms with Crippen LogP contribution in [0.1, 0.15) is 50.3 Å². The van der Waals surface area contributed by atoms with E-state index in [2.05, 4.69) is 17.0 Å². The van der Waals surface area contributed by atoms with Gasteiger partial charge in [0.2, 0.25) is 5.17 Å². The zero-order valence-corrected chi connectivity index (χ0v) is 19.7. The molecule has 7 nitrogen and oxygen atoms in total. The summed E-state index contributed by atoms with van der Waals surface area (Å²) in [6.07, 6.45) is 4.37. The van der Waals surface area contributed by atoms with Crippen molar-refractivity contribution in [1.82, 2.24) is 5.01 Å². The maximum absolute atomic E-state index is 12.7. The number of fused-ring (bicyclic) bond motifs is 1. The first kappa shape index (κ1) is 22.8. The summed E-state index contributed by atoms with van der Waals surface area (Å²) >= 11 is 1.36. The molecule has 0 radical (unpaired) electrons. The van der Waals surface area contributed by atoms with Crippen LogP contribution in [0.3, 0.4) is 0 Å². The normalized spacial score (nSPS) is 17.5. The summed E-state index contributed by atoms with van der Waals surface area (Å²) in [5.74, 6) is 0.730. The summed E-state index contributed by atoms with van der Waals surface area (Å²) in [6, 6.07) is 15.4. The molecule has 2 heterocycles. The Balaban J connectivity index is 1.56. The molecule has 1 atom stereocenters. The van der Waals surface area contributed by atoms with Crippen molar-refractivity contribution < 1.29 is 14.3 Å². The first-order valence-electron chi connectivity index (χ1n) is 10.9. The van der Waals surface area contributed by atoms with Crippen molar-refractivity contribution in [2.45, 2.75) is 39.2 Å². The van der Waals surface area contributed by atoms with Gasteiger partial charge in [0.25, 0.3) is 5.91 Å². The lowest BCUT2D eigenvalue weighted by Gasteiger charge is -2.20. The fraction of sp³-hybridized carbons (Fsp3) is 0.280. The Morgan fingerprint density at radius 2 is 1.97 bits per heavy atom. The van der Waals surface area contributed by atoms with Gasteiger partial charge >= 0.3 is 0 Å². The third-order valence-corrected chi connectivity index (χ3v) is 6.28. The minimum absolute atomic E-state index is 0.0287. The molecule has 8 heteroatoms. The van der Waals surface area contributed by atoms with Gasteiger partial charge < -0.3 is 9.47 Å². The lowest BCUT2D eigenvalue weighted by molar-refractivity contribution is -0.114. The highest BCUT2D eigenvalue weighted by Gasteiger charge is 2.35. The Bertz CT molecular complexity index is 1160. The minimum Gasteiger partial charge on any atom is -0.493 e. The van der Waals surface area contributed by atoms with E-state index < -0.39 is 5.91 Å². The monoisotopic (exact) mass is 462 g/mol. The fourth-order valence-corrected chi connectivity index (χ4v) is 4.41. The largest absolute Gasteiger partial charge is 0.493 e. The van der Waals surface area contributed by atoms with E-state index >= 15 is 0 Å². The Kier molecular flexibility index (Phi) is 6.93. The first-order valence-corrected chi connectivity index (χ1v) is 11.7. The molecular weight excluding hydrogens is 436 g/mol. The number of hydrogen-bond acceptors (Lipinski definition) is 6. The number of unbranched alkanes of at least 4 members (excludes halogenated alkanes) is 1. The average Bonchev–Trinajstić information content (AvgIpc) is 3.24. The minimum atomic E-state index is -0.442. The number of rotatable bonds is 8. The zero-order chi connectivity index (χ0) is 23.4. The van der Waals surface area contributed by atoms with Crippen LogP contribution in [0.15, 0.2) is 64.2 Å². The third kappa shape index (κ3) is 5.01. The predicted molar refractivity (Wildman–Crippen MR) is 133 cm³/mol. The number of methoxy groups -OCH3 is 1. The van der Waals surface area contributed by atoms with Crippen LogP contribution < -0.4 is 9.47 Å². The van der Waals surface area contributed by atoms with Crippen LogP contribution in [0.5, 0.6) is 11.5 Å². The molecule has 2 aliphatic heterocycles. The van der Waals surface area contributed by atoms with E-state index in [-0.39, 0.29) is 17.5 Å². The van der Waals surface area contributed by atoms with E-state index in [9.17, 15) is 4.79 Å². The van der Waals surface area contributed by atoms with Gasteiger partial charge in [0.1, 0.15) is 11.1 Å². The number of ether oxygens (including phenoxy) is 2. The summed E-state index contributed by atoms with van der Waals surface area (Å²) in [5, 5.41) is 15.8. The van der Waals surface area contributed by atoms with Crippen LogP contribution in [0.25, 0.3) is 6.08 Å². The number of thioether (sulfide) groups is 1. The van der Waals surface area contributed by atoms with Crippen LogP contribution in [0, 0.1) is 5.41 Å². The summed E-state index contributed by atoms with van der Waals surface area (Å²) in [7, 11) is 1.57. The molecule has 1 N–H and O–H groups in total. The maximum Gasteiger partial charge on any atom is 0.283 e. The molecule has 0 unspecified atom stereocenters. The Morgan fingerprint density at radius 1 is 1.18 bits per heavy atom. The Morgan fingerprint density at radius 3 is 2.70 bits per heavy atom. The van der Waals surface area contributed by atoms with Gasteiger partial charge in [-0.05, 0) is 60.9 Å². The van der Waals surface area contributed by atoms with Crippen molar-refractivity contribution in [1.29, 1.82) is 5.41 Å². The number of benzene rings is 2. The predicted octanol–water partition coefficient (Wildman–Crippen LogP) is 5.64. The molecule has 4 rings (SSSR count). The molecule has 0 aliphatic carbocycles. The average molecular weight is 463 g/mol. The molecule has 0 aromatic heterocycles. The van der Waals surface area contributed by atoms with E-state index in [1.807, 2.05) is 49.4 Å². The number of carbonyl (C=O) groups excluding carboxylic acids is 1. The summed E-state index contributed by atoms with van der Waals surface area (Å²) in [6.45, 7) is 4.09. The van der Waals surface area contributed by atoms with Gasteiger partial charge in [-0.15, -0.1) is 0 Å². The molecule has 0 bridgehead atoms. The van der Waals surface area contributed by atoms with E-state index in [0.717, 1.165) is 29.9 Å². The maximum atomic E-state index is 12.7. The van der Waals surface area contributed by atoms with Gasteiger partial charge in [-0.25, -0.2) is 0 Å². The second kappa shape index (κ2) is 10.0. The molecule has 0 fully saturated rings. The number of aliphatic imine (C=N–C) groups is 1. The molecular formula is C25H26N4O3S. The van der Waals surface area contributed by atoms with Crippen LogP contribution >= 0.6 is 11.8 Å². The Hall–Kier alpha value is -3.39. The van der Waals surface area contributed by atoms with Crippen LogP contribution in [0.4, 0.5) is 0 Å². The Labute approximate surface area is 197 Å². The van der Waals surface area contributed by atoms with Crippen molar-refractivity contribution in [3.8, 4) is 11.5 Å². The smallest absolute Gasteiger partial charge is 0.283 e. The molecule has 170 valence electrons. The van der Waals surface area contributed by atoms with Crippen LogP contribution in [0.2, 0.25) is 0 Å². The number of hydrogen-bond donors (Lipinski definition) is 1. The summed E-state index contributed by atoms with van der Waals surface area (Å²) in [4.78, 5) is 16.8. The van der Waals surface area contributed by atoms with Crippen molar-refractivity contribution >= 4 is 39.8 Å². The number of nitrogens with zero attached hydrogens (tertiary/aromatic N) is 3. The zero-order valence-electron chi connectivity index (χ0n) is 18.9. The number of amides is 1. The first-order chi connectivity index (χ1) is 16.0. The van der Waals surface area contributed by atoms with Gasteiger partial charge in [0.15, 0.2) is 17.3 Å². The summed E-state index contributed by atoms with van der Waals surface area (Å²) in [5.41, 5.74) is 1.96. The van der Waals surface area contributed by atoms with Gasteiger partial charge in [-0.3, -0.25) is 10.2 Å². The molecule has 2 aromatic rings. The fourth-order valence-electron chi connectivity index (χ4n) is 3.48. The van der Waals surface area contributed by atoms with E-state index in [4.69, 9.17) is 14.9 Å². The van der Waals surface area contributed by atoms with Crippen molar-refractivity contribution in [3.63, 3.8) is 0 Å². The second-order valence-electron chi connectivity index (χ2n) is 7.70. The van der Waals surface area contributed by atoms with Gasteiger partial charge in [0, 0.05) is 0 Å². The molecule has 0 saturated carbocycles. The van der Waals surface area contributed by atoms with Gasteiger partial charge in [-0.1, -0.05) is 49.7 Å². The molecule has 0 saturated heterocycles. The highest BCUT2D eigenvalue weighted by Crippen LogP contribution is 2.34. The number of carbonyl (C=O) groups is 1. The second-order valence-corrected chi connectivity index (χ2v) is 8.74. The van der Waals surface area contributed by atoms with Crippen molar-refractivity contribution in [2.75, 3.05) is 7.11 Å². The van der Waals surface area contributed by atoms with Crippen molar-refractivity contribution in [2.24, 2.45) is 10.1 Å². The molecule has 2 aliphatic rings. The number of amidine groups is 2. The number of hydrazone groups is 1. The number of nitrogens with one attached hydrogen (secondary N) is 1. The van der Waals surface area contributed by atoms with Gasteiger partial charge in [0.05, 0.1) is 12.7 Å². The van der Waals surface area contributed by atoms with Gasteiger partial charge in [-0.2, -0.15) is 15.1 Å². The van der Waals surface area contributed by atoms with Crippen LogP contribution in [-0.2, 0) is 4.79 Å². The highest BCUT2D eigenvalue weighted by atomic mass is 32.2. The molecule has 1 amide bonds. The molecule has 0 spiro atoms. The highest BCUT2D eigenvalue weighted by molar-refractivity contribution is 8.26. The standard InChI is InChI=1S/C25H26N4O3S/c1-4-5-11-22-28-29-23(26)19(24(30)27-25(29)33-22)14-17-12-13-20(21(15-17)31-3)32-16(2)18-9-7-6-8-10-18/h6-10,12-16,26H,4-5,11H2,1-3H3/b19-14-,26-23?/t16-/m1/s1. The lowest BCUT2D eigenvalue weighted by atomic mass is 10.1. The van der Waals surface area contributed by atoms with E-state index in [1.54, 1.807) is 19.3 Å². The van der Waals surface area contributed by atoms with E-state index in [1.165, 1.54) is 16.8 Å². The SMILES string of the molecule is CCCCC1=NN2C(=N)/C(=C/c3ccc(O[C@H](C)c4ccccc4)c(OC)c3)C(=O)N=C2S1. The quantitative estimate of drug-likeness (QED) is 0.513. The topological polar surface area (TPSA) is 87.3 Å². The van der Waals surface area contributed by atoms with Crippen molar-refractivity contribution in [3.05, 3.63) is 65.2 Å². The lowest BCUT2D eigenvalue weighted by Crippen LogP contribution is -2.35. The van der Waals surface area contributed by atoms with E-state index in [0.29, 0.717) is 22.2 Å².